The van der Waals surface area contributed by atoms with Crippen molar-refractivity contribution in [2.75, 3.05) is 19.5 Å². The van der Waals surface area contributed by atoms with E-state index in [4.69, 9.17) is 15.2 Å². The smallest absolute Gasteiger partial charge is 0.341 e. The molecule has 0 fully saturated rings. The molecular weight excluding hydrogens is 234 g/mol. The van der Waals surface area contributed by atoms with Gasteiger partial charge >= 0.3 is 5.97 Å². The first-order valence-electron chi connectivity index (χ1n) is 5.66. The molecule has 1 aromatic carbocycles. The summed E-state index contributed by atoms with van der Waals surface area (Å²) in [5.74, 6) is -0.112. The molecule has 0 bridgehead atoms. The first kappa shape index (κ1) is 14.3. The molecule has 18 heavy (non-hydrogen) atoms. The number of rotatable bonds is 5. The maximum absolute atomic E-state index is 11.8. The monoisotopic (exact) mass is 253 g/mol. The van der Waals surface area contributed by atoms with Crippen molar-refractivity contribution in [3.8, 4) is 5.75 Å². The third-order valence-corrected chi connectivity index (χ3v) is 2.39. The summed E-state index contributed by atoms with van der Waals surface area (Å²) in [5.41, 5.74) is 5.58. The van der Waals surface area contributed by atoms with Crippen LogP contribution in [0.15, 0.2) is 18.2 Å². The first-order valence-corrected chi connectivity index (χ1v) is 5.66. The highest BCUT2D eigenvalue weighted by Gasteiger charge is 2.17. The van der Waals surface area contributed by atoms with E-state index in [-0.39, 0.29) is 6.61 Å². The fraction of sp³-hybridized carbons (Fsp3) is 0.462. The van der Waals surface area contributed by atoms with Crippen molar-refractivity contribution in [2.45, 2.75) is 25.9 Å². The first-order chi connectivity index (χ1) is 8.33. The van der Waals surface area contributed by atoms with E-state index in [1.807, 2.05) is 0 Å². The van der Waals surface area contributed by atoms with Crippen LogP contribution in [-0.2, 0) is 4.74 Å². The van der Waals surface area contributed by atoms with E-state index in [2.05, 4.69) is 0 Å². The van der Waals surface area contributed by atoms with Crippen LogP contribution in [0.3, 0.4) is 0 Å². The van der Waals surface area contributed by atoms with Crippen molar-refractivity contribution in [3.63, 3.8) is 0 Å². The number of aliphatic hydroxyl groups is 1. The molecule has 0 atom stereocenters. The highest BCUT2D eigenvalue weighted by atomic mass is 16.5. The van der Waals surface area contributed by atoms with Crippen LogP contribution in [0.1, 0.15) is 30.6 Å². The minimum absolute atomic E-state index is 0.149. The van der Waals surface area contributed by atoms with Gasteiger partial charge in [-0.15, -0.1) is 0 Å². The van der Waals surface area contributed by atoms with E-state index in [1.165, 1.54) is 7.11 Å². The van der Waals surface area contributed by atoms with Gasteiger partial charge in [0.15, 0.2) is 0 Å². The quantitative estimate of drug-likeness (QED) is 0.615. The lowest BCUT2D eigenvalue weighted by atomic mass is 10.1. The number of anilines is 1. The second kappa shape index (κ2) is 5.73. The molecule has 100 valence electrons. The van der Waals surface area contributed by atoms with Crippen molar-refractivity contribution in [1.82, 2.24) is 0 Å². The zero-order chi connectivity index (χ0) is 13.8. The third kappa shape index (κ3) is 4.25. The Morgan fingerprint density at radius 1 is 1.44 bits per heavy atom. The highest BCUT2D eigenvalue weighted by Crippen LogP contribution is 2.22. The molecule has 0 heterocycles. The molecule has 5 heteroatoms. The molecule has 0 unspecified atom stereocenters. The third-order valence-electron chi connectivity index (χ3n) is 2.39. The number of nitrogens with two attached hydrogens (primary N) is 1. The van der Waals surface area contributed by atoms with Crippen molar-refractivity contribution in [3.05, 3.63) is 23.8 Å². The molecule has 3 N–H and O–H groups in total. The number of hydrogen-bond acceptors (Lipinski definition) is 5. The molecule has 0 aliphatic heterocycles. The summed E-state index contributed by atoms with van der Waals surface area (Å²) >= 11 is 0. The molecule has 5 nitrogen and oxygen atoms in total. The van der Waals surface area contributed by atoms with Crippen LogP contribution in [0, 0.1) is 0 Å². The summed E-state index contributed by atoms with van der Waals surface area (Å²) in [6.07, 6.45) is 0.371. The van der Waals surface area contributed by atoms with Gasteiger partial charge < -0.3 is 20.3 Å². The van der Waals surface area contributed by atoms with Crippen molar-refractivity contribution >= 4 is 11.7 Å². The Morgan fingerprint density at radius 2 is 2.11 bits per heavy atom. The Morgan fingerprint density at radius 3 is 2.67 bits per heavy atom. The lowest BCUT2D eigenvalue weighted by molar-refractivity contribution is 0.0242. The van der Waals surface area contributed by atoms with Crippen molar-refractivity contribution < 1.29 is 19.4 Å². The molecule has 0 saturated heterocycles. The van der Waals surface area contributed by atoms with Crippen molar-refractivity contribution in [2.24, 2.45) is 0 Å². The van der Waals surface area contributed by atoms with E-state index >= 15 is 0 Å². The number of esters is 1. The number of nitrogen functional groups attached to an aromatic ring is 1. The minimum Gasteiger partial charge on any atom is -0.496 e. The van der Waals surface area contributed by atoms with Gasteiger partial charge in [0.2, 0.25) is 0 Å². The van der Waals surface area contributed by atoms with Gasteiger partial charge in [-0.05, 0) is 26.0 Å². The van der Waals surface area contributed by atoms with Gasteiger partial charge in [-0.25, -0.2) is 4.79 Å². The van der Waals surface area contributed by atoms with E-state index in [1.54, 1.807) is 32.0 Å². The van der Waals surface area contributed by atoms with E-state index in [0.29, 0.717) is 23.4 Å². The highest BCUT2D eigenvalue weighted by molar-refractivity contribution is 5.93. The van der Waals surface area contributed by atoms with Gasteiger partial charge in [0.05, 0.1) is 19.3 Å². The van der Waals surface area contributed by atoms with Gasteiger partial charge in [-0.3, -0.25) is 0 Å². The summed E-state index contributed by atoms with van der Waals surface area (Å²) < 4.78 is 10.1. The summed E-state index contributed by atoms with van der Waals surface area (Å²) in [7, 11) is 1.46. The van der Waals surface area contributed by atoms with Crippen LogP contribution in [0.4, 0.5) is 5.69 Å². The van der Waals surface area contributed by atoms with Gasteiger partial charge in [-0.2, -0.15) is 0 Å². The number of carbonyl (C=O) groups is 1. The van der Waals surface area contributed by atoms with E-state index in [0.717, 1.165) is 0 Å². The summed E-state index contributed by atoms with van der Waals surface area (Å²) in [4.78, 5) is 11.8. The summed E-state index contributed by atoms with van der Waals surface area (Å²) in [6.45, 7) is 3.46. The Hall–Kier alpha value is -1.75. The molecule has 0 aliphatic carbocycles. The molecular formula is C13H19NO4. The fourth-order valence-corrected chi connectivity index (χ4v) is 1.35. The van der Waals surface area contributed by atoms with E-state index < -0.39 is 11.6 Å². The summed E-state index contributed by atoms with van der Waals surface area (Å²) in [6, 6.07) is 4.72. The Labute approximate surface area is 107 Å². The molecule has 1 aromatic rings. The lowest BCUT2D eigenvalue weighted by Crippen LogP contribution is -2.22. The Balaban J connectivity index is 2.67. The molecule has 0 saturated carbocycles. The fourth-order valence-electron chi connectivity index (χ4n) is 1.35. The molecule has 0 aliphatic rings. The van der Waals surface area contributed by atoms with Gasteiger partial charge in [0.1, 0.15) is 11.3 Å². The predicted molar refractivity (Wildman–Crippen MR) is 68.6 cm³/mol. The van der Waals surface area contributed by atoms with Gasteiger partial charge in [0.25, 0.3) is 0 Å². The maximum atomic E-state index is 11.8. The average Bonchev–Trinajstić information content (AvgIpc) is 2.26. The molecule has 0 radical (unpaired) electrons. The largest absolute Gasteiger partial charge is 0.496 e. The number of hydrogen-bond donors (Lipinski definition) is 2. The van der Waals surface area contributed by atoms with Crippen LogP contribution in [0.2, 0.25) is 0 Å². The minimum atomic E-state index is -0.856. The van der Waals surface area contributed by atoms with Crippen molar-refractivity contribution in [1.29, 1.82) is 0 Å². The van der Waals surface area contributed by atoms with Crippen LogP contribution >= 0.6 is 0 Å². The molecule has 0 amide bonds. The molecule has 1 rings (SSSR count). The zero-order valence-corrected chi connectivity index (χ0v) is 10.9. The topological polar surface area (TPSA) is 81.8 Å². The van der Waals surface area contributed by atoms with Crippen LogP contribution in [-0.4, -0.2) is 30.4 Å². The van der Waals surface area contributed by atoms with Gasteiger partial charge in [-0.1, -0.05) is 0 Å². The lowest BCUT2D eigenvalue weighted by Gasteiger charge is -2.16. The zero-order valence-electron chi connectivity index (χ0n) is 10.9. The Kier molecular flexibility index (Phi) is 4.55. The molecule has 0 aromatic heterocycles. The SMILES string of the molecule is COc1cc(N)ccc1C(=O)OCCC(C)(C)O. The predicted octanol–water partition coefficient (Wildman–Crippen LogP) is 1.60. The standard InChI is InChI=1S/C13H19NO4/c1-13(2,16)6-7-18-12(15)10-5-4-9(14)8-11(10)17-3/h4-5,8,16H,6-7,14H2,1-3H3. The summed E-state index contributed by atoms with van der Waals surface area (Å²) in [5, 5.41) is 9.51. The van der Waals surface area contributed by atoms with Gasteiger partial charge in [0, 0.05) is 18.2 Å². The van der Waals surface area contributed by atoms with Crippen LogP contribution in [0.5, 0.6) is 5.75 Å². The van der Waals surface area contributed by atoms with Crippen LogP contribution < -0.4 is 10.5 Å². The number of benzene rings is 1. The van der Waals surface area contributed by atoms with Crippen LogP contribution in [0.25, 0.3) is 0 Å². The number of carbonyl (C=O) groups excluding carboxylic acids is 1. The maximum Gasteiger partial charge on any atom is 0.341 e. The second-order valence-electron chi connectivity index (χ2n) is 4.66. The second-order valence-corrected chi connectivity index (χ2v) is 4.66. The van der Waals surface area contributed by atoms with E-state index in [9.17, 15) is 9.90 Å². The normalized spacial score (nSPS) is 11.1. The number of ether oxygens (including phenoxy) is 2. The number of methoxy groups -OCH3 is 1. The molecule has 0 spiro atoms. The Bertz CT molecular complexity index is 423. The average molecular weight is 253 g/mol.